The lowest BCUT2D eigenvalue weighted by molar-refractivity contribution is 0.0675. The van der Waals surface area contributed by atoms with Crippen LogP contribution in [0.25, 0.3) is 0 Å². The van der Waals surface area contributed by atoms with Crippen LogP contribution in [-0.4, -0.2) is 50.2 Å². The highest BCUT2D eigenvalue weighted by atomic mass is 35.5. The van der Waals surface area contributed by atoms with E-state index in [1.54, 1.807) is 0 Å². The molecule has 2 saturated heterocycles. The van der Waals surface area contributed by atoms with Crippen LogP contribution in [0.4, 0.5) is 0 Å². The van der Waals surface area contributed by atoms with Crippen molar-refractivity contribution in [3.05, 3.63) is 28.8 Å². The summed E-state index contributed by atoms with van der Waals surface area (Å²) in [5.41, 5.74) is 1.04. The molecule has 6 heteroatoms. The van der Waals surface area contributed by atoms with Gasteiger partial charge in [0.05, 0.1) is 12.2 Å². The molecule has 5 nitrogen and oxygen atoms in total. The lowest BCUT2D eigenvalue weighted by Crippen LogP contribution is -2.30. The Labute approximate surface area is 142 Å². The van der Waals surface area contributed by atoms with Crippen molar-refractivity contribution in [3.8, 4) is 5.75 Å². The van der Waals surface area contributed by atoms with E-state index in [4.69, 9.17) is 21.1 Å². The summed E-state index contributed by atoms with van der Waals surface area (Å²) in [6.45, 7) is 4.39. The monoisotopic (exact) mass is 340 g/mol. The molecular formula is C17H25ClN2O3. The molecule has 3 unspecified atom stereocenters. The molecule has 23 heavy (non-hydrogen) atoms. The van der Waals surface area contributed by atoms with Gasteiger partial charge < -0.3 is 25.2 Å². The van der Waals surface area contributed by atoms with Gasteiger partial charge in [0.25, 0.3) is 0 Å². The smallest absolute Gasteiger partial charge is 0.124 e. The number of β-amino-alcohol motifs (C(OH)–C–C–N with tert-alkyl or cyclic N) is 1. The third-order valence-electron chi connectivity index (χ3n) is 4.50. The van der Waals surface area contributed by atoms with Gasteiger partial charge in [0.15, 0.2) is 0 Å². The molecule has 0 aliphatic carbocycles. The SMILES string of the molecule is OC1CNCC1CNCc1cc(Cl)ccc1OCC1CCCO1. The van der Waals surface area contributed by atoms with E-state index in [1.165, 1.54) is 0 Å². The Kier molecular flexibility index (Phi) is 6.14. The highest BCUT2D eigenvalue weighted by Gasteiger charge is 2.24. The van der Waals surface area contributed by atoms with Crippen molar-refractivity contribution in [2.24, 2.45) is 5.92 Å². The summed E-state index contributed by atoms with van der Waals surface area (Å²) in [5.74, 6) is 1.10. The minimum atomic E-state index is -0.267. The number of rotatable bonds is 7. The van der Waals surface area contributed by atoms with E-state index in [-0.39, 0.29) is 18.1 Å². The number of aliphatic hydroxyl groups is 1. The molecule has 3 N–H and O–H groups in total. The lowest BCUT2D eigenvalue weighted by Gasteiger charge is -2.17. The second kappa shape index (κ2) is 8.31. The average Bonchev–Trinajstić information content (AvgIpc) is 3.19. The third-order valence-corrected chi connectivity index (χ3v) is 4.73. The number of hydrogen-bond donors (Lipinski definition) is 3. The largest absolute Gasteiger partial charge is 0.491 e. The molecule has 2 aliphatic heterocycles. The first kappa shape index (κ1) is 17.0. The highest BCUT2D eigenvalue weighted by molar-refractivity contribution is 6.30. The summed E-state index contributed by atoms with van der Waals surface area (Å²) in [5, 5.41) is 17.1. The Balaban J connectivity index is 1.52. The number of benzene rings is 1. The fourth-order valence-electron chi connectivity index (χ4n) is 3.11. The van der Waals surface area contributed by atoms with Crippen LogP contribution < -0.4 is 15.4 Å². The maximum atomic E-state index is 9.83. The van der Waals surface area contributed by atoms with E-state index < -0.39 is 0 Å². The van der Waals surface area contributed by atoms with Crippen LogP contribution in [0.5, 0.6) is 5.75 Å². The Morgan fingerprint density at radius 2 is 2.30 bits per heavy atom. The van der Waals surface area contributed by atoms with Gasteiger partial charge in [-0.25, -0.2) is 0 Å². The quantitative estimate of drug-likeness (QED) is 0.703. The minimum Gasteiger partial charge on any atom is -0.491 e. The van der Waals surface area contributed by atoms with Gasteiger partial charge >= 0.3 is 0 Å². The fraction of sp³-hybridized carbons (Fsp3) is 0.647. The molecule has 0 amide bonds. The van der Waals surface area contributed by atoms with E-state index in [0.29, 0.717) is 24.7 Å². The molecule has 128 valence electrons. The second-order valence-corrected chi connectivity index (χ2v) is 6.75. The van der Waals surface area contributed by atoms with E-state index in [2.05, 4.69) is 10.6 Å². The van der Waals surface area contributed by atoms with Gasteiger partial charge in [-0.15, -0.1) is 0 Å². The standard InChI is InChI=1S/C17H25ClN2O3/c18-14-3-4-17(23-11-15-2-1-5-22-15)12(6-14)7-19-8-13-9-20-10-16(13)21/h3-4,6,13,15-16,19-21H,1-2,5,7-11H2. The molecule has 0 radical (unpaired) electrons. The zero-order valence-corrected chi connectivity index (χ0v) is 14.0. The summed E-state index contributed by atoms with van der Waals surface area (Å²) in [6, 6.07) is 5.70. The van der Waals surface area contributed by atoms with Gasteiger partial charge in [-0.3, -0.25) is 0 Å². The Morgan fingerprint density at radius 3 is 3.04 bits per heavy atom. The van der Waals surface area contributed by atoms with Gasteiger partial charge in [-0.05, 0) is 31.0 Å². The first-order chi connectivity index (χ1) is 11.2. The zero-order valence-electron chi connectivity index (χ0n) is 13.3. The van der Waals surface area contributed by atoms with E-state index >= 15 is 0 Å². The van der Waals surface area contributed by atoms with E-state index in [0.717, 1.165) is 43.9 Å². The Morgan fingerprint density at radius 1 is 1.39 bits per heavy atom. The van der Waals surface area contributed by atoms with Crippen molar-refractivity contribution in [2.45, 2.75) is 31.6 Å². The van der Waals surface area contributed by atoms with Crippen LogP contribution in [0, 0.1) is 5.92 Å². The molecule has 2 heterocycles. The van der Waals surface area contributed by atoms with Crippen molar-refractivity contribution in [3.63, 3.8) is 0 Å². The van der Waals surface area contributed by atoms with Crippen molar-refractivity contribution in [1.29, 1.82) is 0 Å². The van der Waals surface area contributed by atoms with Crippen molar-refractivity contribution >= 4 is 11.6 Å². The predicted molar refractivity (Wildman–Crippen MR) is 90.0 cm³/mol. The van der Waals surface area contributed by atoms with Crippen molar-refractivity contribution in [2.75, 3.05) is 32.8 Å². The summed E-state index contributed by atoms with van der Waals surface area (Å²) >= 11 is 6.12. The third kappa shape index (κ3) is 4.81. The molecular weight excluding hydrogens is 316 g/mol. The molecule has 0 saturated carbocycles. The predicted octanol–water partition coefficient (Wildman–Crippen LogP) is 1.57. The summed E-state index contributed by atoms with van der Waals surface area (Å²) < 4.78 is 11.5. The van der Waals surface area contributed by atoms with Gasteiger partial charge in [0.1, 0.15) is 12.4 Å². The number of nitrogens with one attached hydrogen (secondary N) is 2. The number of hydrogen-bond acceptors (Lipinski definition) is 5. The maximum absolute atomic E-state index is 9.83. The normalized spacial score (nSPS) is 27.5. The van der Waals surface area contributed by atoms with Crippen molar-refractivity contribution in [1.82, 2.24) is 10.6 Å². The zero-order chi connectivity index (χ0) is 16.1. The summed E-state index contributed by atoms with van der Waals surface area (Å²) in [6.07, 6.45) is 2.11. The lowest BCUT2D eigenvalue weighted by atomic mass is 10.1. The minimum absolute atomic E-state index is 0.200. The molecule has 3 atom stereocenters. The second-order valence-electron chi connectivity index (χ2n) is 6.31. The number of aliphatic hydroxyl groups excluding tert-OH is 1. The van der Waals surface area contributed by atoms with Gasteiger partial charge in [0.2, 0.25) is 0 Å². The van der Waals surface area contributed by atoms with Crippen molar-refractivity contribution < 1.29 is 14.6 Å². The first-order valence-electron chi connectivity index (χ1n) is 8.34. The molecule has 1 aromatic rings. The van der Waals surface area contributed by atoms with Gasteiger partial charge in [-0.2, -0.15) is 0 Å². The average molecular weight is 341 g/mol. The molecule has 2 aliphatic rings. The Hall–Kier alpha value is -0.850. The number of halogens is 1. The Bertz CT molecular complexity index is 509. The van der Waals surface area contributed by atoms with Crippen LogP contribution in [-0.2, 0) is 11.3 Å². The van der Waals surface area contributed by atoms with E-state index in [1.807, 2.05) is 18.2 Å². The van der Waals surface area contributed by atoms with E-state index in [9.17, 15) is 5.11 Å². The molecule has 2 fully saturated rings. The maximum Gasteiger partial charge on any atom is 0.124 e. The number of ether oxygens (including phenoxy) is 2. The fourth-order valence-corrected chi connectivity index (χ4v) is 3.30. The van der Waals surface area contributed by atoms with Crippen LogP contribution in [0.15, 0.2) is 18.2 Å². The van der Waals surface area contributed by atoms with Gasteiger partial charge in [-0.1, -0.05) is 11.6 Å². The highest BCUT2D eigenvalue weighted by Crippen LogP contribution is 2.24. The summed E-state index contributed by atoms with van der Waals surface area (Å²) in [7, 11) is 0. The molecule has 1 aromatic carbocycles. The molecule has 0 aromatic heterocycles. The molecule has 0 bridgehead atoms. The summed E-state index contributed by atoms with van der Waals surface area (Å²) in [4.78, 5) is 0. The van der Waals surface area contributed by atoms with Crippen LogP contribution in [0.1, 0.15) is 18.4 Å². The van der Waals surface area contributed by atoms with Crippen LogP contribution in [0.2, 0.25) is 5.02 Å². The molecule has 0 spiro atoms. The molecule has 3 rings (SSSR count). The van der Waals surface area contributed by atoms with Crippen LogP contribution in [0.3, 0.4) is 0 Å². The van der Waals surface area contributed by atoms with Gasteiger partial charge in [0, 0.05) is 49.3 Å². The topological polar surface area (TPSA) is 62.8 Å². The van der Waals surface area contributed by atoms with Crippen LogP contribution >= 0.6 is 11.6 Å². The first-order valence-corrected chi connectivity index (χ1v) is 8.72.